The number of rotatable bonds is 5. The lowest BCUT2D eigenvalue weighted by Gasteiger charge is -2.39. The fourth-order valence-corrected chi connectivity index (χ4v) is 5.71. The SMILES string of the molecule is Nc1ncc(-c2cc(N3CCOCC3)cc(S(=O)(=O)C3CN(C(=O)C4CC4)C3)c2)cn1. The number of benzene rings is 1. The second-order valence-corrected chi connectivity index (χ2v) is 10.6. The molecule has 2 saturated heterocycles. The molecular weight excluding hydrogens is 418 g/mol. The highest BCUT2D eigenvalue weighted by Crippen LogP contribution is 2.36. The van der Waals surface area contributed by atoms with Gasteiger partial charge in [0.1, 0.15) is 5.25 Å². The van der Waals surface area contributed by atoms with Crippen molar-refractivity contribution in [3.05, 3.63) is 30.6 Å². The van der Waals surface area contributed by atoms with Gasteiger partial charge in [-0.15, -0.1) is 0 Å². The predicted molar refractivity (Wildman–Crippen MR) is 115 cm³/mol. The fourth-order valence-electron chi connectivity index (χ4n) is 4.00. The summed E-state index contributed by atoms with van der Waals surface area (Å²) in [6.45, 7) is 3.10. The summed E-state index contributed by atoms with van der Waals surface area (Å²) in [5, 5.41) is -0.578. The number of nitrogens with two attached hydrogens (primary N) is 1. The first-order valence-corrected chi connectivity index (χ1v) is 12.0. The summed E-state index contributed by atoms with van der Waals surface area (Å²) >= 11 is 0. The van der Waals surface area contributed by atoms with E-state index in [-0.39, 0.29) is 35.8 Å². The maximum Gasteiger partial charge on any atom is 0.225 e. The van der Waals surface area contributed by atoms with Gasteiger partial charge in [0.25, 0.3) is 0 Å². The van der Waals surface area contributed by atoms with Crippen LogP contribution in [0.4, 0.5) is 11.6 Å². The molecule has 10 heteroatoms. The summed E-state index contributed by atoms with van der Waals surface area (Å²) in [5.74, 6) is 0.356. The van der Waals surface area contributed by atoms with Crippen molar-refractivity contribution in [1.29, 1.82) is 0 Å². The molecule has 2 aromatic rings. The van der Waals surface area contributed by atoms with Gasteiger partial charge in [-0.05, 0) is 36.6 Å². The second kappa shape index (κ2) is 7.76. The van der Waals surface area contributed by atoms with Crippen molar-refractivity contribution >= 4 is 27.4 Å². The number of likely N-dealkylation sites (tertiary alicyclic amines) is 1. The highest BCUT2D eigenvalue weighted by molar-refractivity contribution is 7.92. The molecular formula is C21H25N5O4S. The third kappa shape index (κ3) is 3.97. The summed E-state index contributed by atoms with van der Waals surface area (Å²) < 4.78 is 32.3. The Morgan fingerprint density at radius 1 is 1.03 bits per heavy atom. The van der Waals surface area contributed by atoms with Gasteiger partial charge in [0.05, 0.1) is 18.1 Å². The predicted octanol–water partition coefficient (Wildman–Crippen LogP) is 0.957. The molecule has 5 rings (SSSR count). The molecule has 3 fully saturated rings. The molecule has 1 aromatic carbocycles. The number of sulfone groups is 1. The van der Waals surface area contributed by atoms with E-state index in [1.54, 1.807) is 29.4 Å². The van der Waals surface area contributed by atoms with Gasteiger partial charge in [-0.1, -0.05) is 0 Å². The molecule has 164 valence electrons. The monoisotopic (exact) mass is 443 g/mol. The van der Waals surface area contributed by atoms with Gasteiger partial charge >= 0.3 is 0 Å². The average Bonchev–Trinajstić information content (AvgIpc) is 3.59. The summed E-state index contributed by atoms with van der Waals surface area (Å²) in [7, 11) is -3.59. The Labute approximate surface area is 181 Å². The van der Waals surface area contributed by atoms with Crippen molar-refractivity contribution in [3.8, 4) is 11.1 Å². The molecule has 0 atom stereocenters. The Balaban J connectivity index is 1.47. The fraction of sp³-hybridized carbons (Fsp3) is 0.476. The molecule has 1 aromatic heterocycles. The smallest absolute Gasteiger partial charge is 0.225 e. The number of aromatic nitrogens is 2. The number of nitrogen functional groups attached to an aromatic ring is 1. The van der Waals surface area contributed by atoms with Crippen LogP contribution >= 0.6 is 0 Å². The van der Waals surface area contributed by atoms with Gasteiger partial charge in [-0.25, -0.2) is 18.4 Å². The van der Waals surface area contributed by atoms with Crippen molar-refractivity contribution in [1.82, 2.24) is 14.9 Å². The Morgan fingerprint density at radius 2 is 1.71 bits per heavy atom. The molecule has 3 aliphatic rings. The lowest BCUT2D eigenvalue weighted by Crippen LogP contribution is -2.57. The van der Waals surface area contributed by atoms with E-state index < -0.39 is 15.1 Å². The molecule has 1 saturated carbocycles. The van der Waals surface area contributed by atoms with E-state index in [9.17, 15) is 13.2 Å². The molecule has 31 heavy (non-hydrogen) atoms. The number of morpholine rings is 1. The Hall–Kier alpha value is -2.72. The number of nitrogens with zero attached hydrogens (tertiary/aromatic N) is 4. The molecule has 1 amide bonds. The van der Waals surface area contributed by atoms with Crippen molar-refractivity contribution < 1.29 is 17.9 Å². The van der Waals surface area contributed by atoms with E-state index in [0.717, 1.165) is 18.5 Å². The van der Waals surface area contributed by atoms with Gasteiger partial charge in [-0.2, -0.15) is 0 Å². The van der Waals surface area contributed by atoms with E-state index in [1.807, 2.05) is 6.07 Å². The number of hydrogen-bond donors (Lipinski definition) is 1. The third-order valence-electron chi connectivity index (χ3n) is 6.13. The van der Waals surface area contributed by atoms with Crippen LogP contribution in [0.5, 0.6) is 0 Å². The second-order valence-electron chi connectivity index (χ2n) is 8.33. The van der Waals surface area contributed by atoms with Crippen LogP contribution in [0, 0.1) is 5.92 Å². The summed E-state index contributed by atoms with van der Waals surface area (Å²) in [4.78, 5) is 24.3. The topological polar surface area (TPSA) is 119 Å². The van der Waals surface area contributed by atoms with E-state index in [1.165, 1.54) is 0 Å². The molecule has 0 bridgehead atoms. The van der Waals surface area contributed by atoms with Crippen LogP contribution in [0.25, 0.3) is 11.1 Å². The molecule has 0 radical (unpaired) electrons. The van der Waals surface area contributed by atoms with Crippen LogP contribution in [0.3, 0.4) is 0 Å². The maximum atomic E-state index is 13.4. The normalized spacial score (nSPS) is 19.9. The van der Waals surface area contributed by atoms with Crippen molar-refractivity contribution in [2.75, 3.05) is 50.0 Å². The molecule has 3 heterocycles. The van der Waals surface area contributed by atoms with E-state index >= 15 is 0 Å². The van der Waals surface area contributed by atoms with Crippen LogP contribution in [-0.4, -0.2) is 73.8 Å². The van der Waals surface area contributed by atoms with Gasteiger partial charge < -0.3 is 20.3 Å². The standard InChI is InChI=1S/C21H25N5O4S/c22-21-23-10-16(11-24-21)15-7-17(25-3-5-30-6-4-25)9-18(8-15)31(28,29)19-12-26(13-19)20(27)14-1-2-14/h7-11,14,19H,1-6,12-13H2,(H2,22,23,24). The summed E-state index contributed by atoms with van der Waals surface area (Å²) in [6.07, 6.45) is 5.02. The molecule has 0 spiro atoms. The van der Waals surface area contributed by atoms with Crippen molar-refractivity contribution in [3.63, 3.8) is 0 Å². The molecule has 2 N–H and O–H groups in total. The molecule has 0 unspecified atom stereocenters. The van der Waals surface area contributed by atoms with E-state index in [2.05, 4.69) is 14.9 Å². The van der Waals surface area contributed by atoms with Crippen LogP contribution < -0.4 is 10.6 Å². The number of anilines is 2. The highest BCUT2D eigenvalue weighted by Gasteiger charge is 2.44. The zero-order valence-corrected chi connectivity index (χ0v) is 17.9. The van der Waals surface area contributed by atoms with Gasteiger partial charge in [0.15, 0.2) is 9.84 Å². The van der Waals surface area contributed by atoms with Crippen LogP contribution in [0.15, 0.2) is 35.5 Å². The largest absolute Gasteiger partial charge is 0.378 e. The van der Waals surface area contributed by atoms with Crippen LogP contribution in [-0.2, 0) is 19.4 Å². The van der Waals surface area contributed by atoms with Crippen molar-refractivity contribution in [2.45, 2.75) is 23.0 Å². The van der Waals surface area contributed by atoms with Crippen molar-refractivity contribution in [2.24, 2.45) is 5.92 Å². The average molecular weight is 444 g/mol. The maximum absolute atomic E-state index is 13.4. The first-order chi connectivity index (χ1) is 14.9. The molecule has 2 aliphatic heterocycles. The van der Waals surface area contributed by atoms with Gasteiger partial charge in [0.2, 0.25) is 11.9 Å². The number of amides is 1. The van der Waals surface area contributed by atoms with Gasteiger partial charge in [-0.3, -0.25) is 4.79 Å². The van der Waals surface area contributed by atoms with Gasteiger partial charge in [0, 0.05) is 55.7 Å². The zero-order valence-electron chi connectivity index (χ0n) is 17.1. The Kier molecular flexibility index (Phi) is 5.05. The number of ether oxygens (including phenoxy) is 1. The highest BCUT2D eigenvalue weighted by atomic mass is 32.2. The summed E-state index contributed by atoms with van der Waals surface area (Å²) in [5.41, 5.74) is 7.84. The first-order valence-electron chi connectivity index (χ1n) is 10.5. The quantitative estimate of drug-likeness (QED) is 0.726. The number of carbonyl (C=O) groups excluding carboxylic acids is 1. The van der Waals surface area contributed by atoms with Crippen LogP contribution in [0.1, 0.15) is 12.8 Å². The first kappa shape index (κ1) is 20.2. The minimum atomic E-state index is -3.59. The third-order valence-corrected chi connectivity index (χ3v) is 8.19. The van der Waals surface area contributed by atoms with Crippen LogP contribution in [0.2, 0.25) is 0 Å². The number of hydrogen-bond acceptors (Lipinski definition) is 8. The molecule has 1 aliphatic carbocycles. The minimum absolute atomic E-state index is 0.0910. The number of carbonyl (C=O) groups is 1. The minimum Gasteiger partial charge on any atom is -0.378 e. The lowest BCUT2D eigenvalue weighted by atomic mass is 10.1. The van der Waals surface area contributed by atoms with E-state index in [4.69, 9.17) is 10.5 Å². The summed E-state index contributed by atoms with van der Waals surface area (Å²) in [6, 6.07) is 5.34. The zero-order chi connectivity index (χ0) is 21.6. The lowest BCUT2D eigenvalue weighted by molar-refractivity contribution is -0.135. The van der Waals surface area contributed by atoms with E-state index in [0.29, 0.717) is 37.4 Å². The molecule has 9 nitrogen and oxygen atoms in total. The Bertz CT molecular complexity index is 1090. The Morgan fingerprint density at radius 3 is 2.35 bits per heavy atom.